The number of hydrogen-bond donors (Lipinski definition) is 0. The molecule has 0 amide bonds. The summed E-state index contributed by atoms with van der Waals surface area (Å²) in [6.07, 6.45) is 4.53. The van der Waals surface area contributed by atoms with Crippen molar-refractivity contribution in [1.82, 2.24) is 10.0 Å². The summed E-state index contributed by atoms with van der Waals surface area (Å²) in [4.78, 5) is 0. The lowest BCUT2D eigenvalue weighted by molar-refractivity contribution is 0.357. The van der Waals surface area contributed by atoms with Gasteiger partial charge in [0, 0.05) is 27.2 Å². The molecule has 0 aliphatic rings. The van der Waals surface area contributed by atoms with Crippen molar-refractivity contribution in [2.24, 2.45) is 10.2 Å². The molecule has 0 aliphatic heterocycles. The van der Waals surface area contributed by atoms with Gasteiger partial charge in [-0.1, -0.05) is 6.92 Å². The van der Waals surface area contributed by atoms with Crippen LogP contribution in [0, 0.1) is 0 Å². The first kappa shape index (κ1) is 11.9. The largest absolute Gasteiger partial charge is 0.300 e. The van der Waals surface area contributed by atoms with Crippen LogP contribution in [0.15, 0.2) is 10.2 Å². The van der Waals surface area contributed by atoms with Crippen LogP contribution >= 0.6 is 0 Å². The number of rotatable bonds is 6. The summed E-state index contributed by atoms with van der Waals surface area (Å²) in [5, 5.41) is 12.0. The third kappa shape index (κ3) is 7.31. The fraction of sp³-hybridized carbons (Fsp3) is 0.778. The molecule has 0 unspecified atom stereocenters. The van der Waals surface area contributed by atoms with E-state index < -0.39 is 0 Å². The van der Waals surface area contributed by atoms with E-state index in [4.69, 9.17) is 0 Å². The summed E-state index contributed by atoms with van der Waals surface area (Å²) < 4.78 is 0. The molecular formula is C9H20N4. The Kier molecular flexibility index (Phi) is 6.96. The van der Waals surface area contributed by atoms with Crippen molar-refractivity contribution < 1.29 is 0 Å². The van der Waals surface area contributed by atoms with Gasteiger partial charge < -0.3 is 10.0 Å². The molecule has 4 nitrogen and oxygen atoms in total. The Morgan fingerprint density at radius 3 is 2.00 bits per heavy atom. The first-order valence-electron chi connectivity index (χ1n) is 4.69. The molecule has 0 rings (SSSR count). The van der Waals surface area contributed by atoms with Crippen molar-refractivity contribution in [3.8, 4) is 0 Å². The Morgan fingerprint density at radius 1 is 1.00 bits per heavy atom. The van der Waals surface area contributed by atoms with E-state index in [0.717, 1.165) is 19.5 Å². The predicted molar refractivity (Wildman–Crippen MR) is 58.2 cm³/mol. The van der Waals surface area contributed by atoms with Gasteiger partial charge in [0.15, 0.2) is 0 Å². The minimum atomic E-state index is 0.912. The van der Waals surface area contributed by atoms with Crippen molar-refractivity contribution in [2.45, 2.75) is 20.3 Å². The highest BCUT2D eigenvalue weighted by Crippen LogP contribution is 1.84. The lowest BCUT2D eigenvalue weighted by Crippen LogP contribution is -2.13. The summed E-state index contributed by atoms with van der Waals surface area (Å²) in [6.45, 7) is 6.08. The van der Waals surface area contributed by atoms with Crippen LogP contribution < -0.4 is 0 Å². The average Bonchev–Trinajstić information content (AvgIpc) is 2.12. The minimum absolute atomic E-state index is 0.912. The summed E-state index contributed by atoms with van der Waals surface area (Å²) in [5.74, 6) is 0. The molecule has 0 N–H and O–H groups in total. The van der Waals surface area contributed by atoms with E-state index in [0.29, 0.717) is 0 Å². The van der Waals surface area contributed by atoms with Gasteiger partial charge in [-0.25, -0.2) is 0 Å². The van der Waals surface area contributed by atoms with E-state index >= 15 is 0 Å². The summed E-state index contributed by atoms with van der Waals surface area (Å²) in [5.41, 5.74) is 0. The van der Waals surface area contributed by atoms with Gasteiger partial charge >= 0.3 is 0 Å². The van der Waals surface area contributed by atoms with Gasteiger partial charge in [-0.05, 0) is 13.3 Å². The Hall–Kier alpha value is -1.06. The molecule has 0 fully saturated rings. The average molecular weight is 184 g/mol. The molecule has 4 heteroatoms. The zero-order valence-electron chi connectivity index (χ0n) is 9.06. The van der Waals surface area contributed by atoms with Crippen LogP contribution in [0.5, 0.6) is 0 Å². The molecule has 0 bridgehead atoms. The van der Waals surface area contributed by atoms with Crippen LogP contribution in [-0.4, -0.2) is 49.6 Å². The number of nitrogens with zero attached hydrogens (tertiary/aromatic N) is 4. The van der Waals surface area contributed by atoms with Crippen LogP contribution in [-0.2, 0) is 0 Å². The molecule has 0 aromatic rings. The molecule has 76 valence electrons. The normalized spacial score (nSPS) is 11.4. The van der Waals surface area contributed by atoms with Crippen LogP contribution in [0.2, 0.25) is 0 Å². The molecule has 0 aromatic heterocycles. The highest BCUT2D eigenvalue weighted by Gasteiger charge is 1.86. The van der Waals surface area contributed by atoms with Gasteiger partial charge in [0.1, 0.15) is 0 Å². The first-order chi connectivity index (χ1) is 6.20. The van der Waals surface area contributed by atoms with E-state index in [2.05, 4.69) is 24.1 Å². The van der Waals surface area contributed by atoms with Crippen molar-refractivity contribution in [3.63, 3.8) is 0 Å². The standard InChI is InChI=1S/C9H20N4/c1-5-9-13(4)11-8-7-10-12(3)6-2/h7-8H,5-6,9H2,1-4H3. The smallest absolute Gasteiger partial charge is 0.0671 e. The fourth-order valence-electron chi connectivity index (χ4n) is 0.750. The zero-order valence-corrected chi connectivity index (χ0v) is 9.06. The summed E-state index contributed by atoms with van der Waals surface area (Å²) in [6, 6.07) is 0. The lowest BCUT2D eigenvalue weighted by Gasteiger charge is -2.09. The molecule has 0 atom stereocenters. The molecular weight excluding hydrogens is 164 g/mol. The Labute approximate surface area is 80.9 Å². The molecule has 13 heavy (non-hydrogen) atoms. The third-order valence-corrected chi connectivity index (χ3v) is 1.60. The van der Waals surface area contributed by atoms with E-state index in [9.17, 15) is 0 Å². The van der Waals surface area contributed by atoms with Crippen molar-refractivity contribution in [1.29, 1.82) is 0 Å². The fourth-order valence-corrected chi connectivity index (χ4v) is 0.750. The van der Waals surface area contributed by atoms with E-state index in [1.807, 2.05) is 24.1 Å². The van der Waals surface area contributed by atoms with E-state index in [1.165, 1.54) is 0 Å². The number of hydrogen-bond acceptors (Lipinski definition) is 4. The Morgan fingerprint density at radius 2 is 1.54 bits per heavy atom. The maximum Gasteiger partial charge on any atom is 0.0671 e. The topological polar surface area (TPSA) is 31.2 Å². The van der Waals surface area contributed by atoms with Gasteiger partial charge in [0.2, 0.25) is 0 Å². The molecule has 0 saturated carbocycles. The Balaban J connectivity index is 3.66. The van der Waals surface area contributed by atoms with Crippen molar-refractivity contribution in [3.05, 3.63) is 0 Å². The highest BCUT2D eigenvalue weighted by atomic mass is 15.4. The lowest BCUT2D eigenvalue weighted by atomic mass is 10.5. The van der Waals surface area contributed by atoms with Gasteiger partial charge in [-0.15, -0.1) is 0 Å². The molecule has 0 saturated heterocycles. The van der Waals surface area contributed by atoms with Gasteiger partial charge in [-0.3, -0.25) is 0 Å². The van der Waals surface area contributed by atoms with E-state index in [1.54, 1.807) is 12.4 Å². The van der Waals surface area contributed by atoms with E-state index in [-0.39, 0.29) is 0 Å². The second kappa shape index (κ2) is 7.58. The molecule has 0 heterocycles. The van der Waals surface area contributed by atoms with Gasteiger partial charge in [0.05, 0.1) is 12.4 Å². The molecule has 0 spiro atoms. The van der Waals surface area contributed by atoms with Crippen LogP contribution in [0.25, 0.3) is 0 Å². The van der Waals surface area contributed by atoms with Crippen molar-refractivity contribution >= 4 is 12.4 Å². The second-order valence-corrected chi connectivity index (χ2v) is 2.88. The molecule has 0 aromatic carbocycles. The quantitative estimate of drug-likeness (QED) is 0.459. The highest BCUT2D eigenvalue weighted by molar-refractivity contribution is 6.15. The maximum absolute atomic E-state index is 4.15. The van der Waals surface area contributed by atoms with Crippen LogP contribution in [0.3, 0.4) is 0 Å². The zero-order chi connectivity index (χ0) is 10.1. The minimum Gasteiger partial charge on any atom is -0.300 e. The van der Waals surface area contributed by atoms with Crippen molar-refractivity contribution in [2.75, 3.05) is 27.2 Å². The second-order valence-electron chi connectivity index (χ2n) is 2.88. The summed E-state index contributed by atoms with van der Waals surface area (Å²) >= 11 is 0. The first-order valence-corrected chi connectivity index (χ1v) is 4.69. The summed E-state index contributed by atoms with van der Waals surface area (Å²) in [7, 11) is 3.89. The van der Waals surface area contributed by atoms with Crippen LogP contribution in [0.4, 0.5) is 0 Å². The molecule has 0 aliphatic carbocycles. The number of hydrazone groups is 2. The third-order valence-electron chi connectivity index (χ3n) is 1.60. The van der Waals surface area contributed by atoms with Crippen LogP contribution in [0.1, 0.15) is 20.3 Å². The van der Waals surface area contributed by atoms with Gasteiger partial charge in [-0.2, -0.15) is 10.2 Å². The molecule has 0 radical (unpaired) electrons. The SMILES string of the molecule is CCCN(C)N=CC=NN(C)CC. The van der Waals surface area contributed by atoms with Gasteiger partial charge in [0.25, 0.3) is 0 Å². The monoisotopic (exact) mass is 184 g/mol. The predicted octanol–water partition coefficient (Wildman–Crippen LogP) is 1.25. The Bertz CT molecular complexity index is 165. The maximum atomic E-state index is 4.15.